The number of nitrogens with one attached hydrogen (secondary N) is 1. The van der Waals surface area contributed by atoms with Crippen LogP contribution < -0.4 is 5.32 Å². The summed E-state index contributed by atoms with van der Waals surface area (Å²) in [4.78, 5) is 25.4. The van der Waals surface area contributed by atoms with Gasteiger partial charge in [0.2, 0.25) is 5.91 Å². The van der Waals surface area contributed by atoms with E-state index in [0.717, 1.165) is 17.7 Å². The Balaban J connectivity index is 1.80. The Bertz CT molecular complexity index is 535. The van der Waals surface area contributed by atoms with Crippen molar-refractivity contribution in [1.82, 2.24) is 4.90 Å². The molecule has 0 saturated carbocycles. The van der Waals surface area contributed by atoms with E-state index < -0.39 is 0 Å². The standard InChI is InChI=1S/C14H16N2O3/c1-16(11-4-5-19-8-11)14(18)10-3-2-9-7-13(17)15-12(9)6-10/h2-3,6,11H,4-5,7-8H2,1H3,(H,15,17). The first-order valence-electron chi connectivity index (χ1n) is 6.43. The first-order valence-corrected chi connectivity index (χ1v) is 6.43. The minimum absolute atomic E-state index is 0.0165. The maximum Gasteiger partial charge on any atom is 0.254 e. The van der Waals surface area contributed by atoms with Crippen molar-refractivity contribution in [1.29, 1.82) is 0 Å². The lowest BCUT2D eigenvalue weighted by Crippen LogP contribution is -2.37. The van der Waals surface area contributed by atoms with Crippen molar-refractivity contribution in [2.24, 2.45) is 0 Å². The second-order valence-electron chi connectivity index (χ2n) is 5.03. The van der Waals surface area contributed by atoms with Crippen LogP contribution in [-0.2, 0) is 16.0 Å². The summed E-state index contributed by atoms with van der Waals surface area (Å²) in [5.41, 5.74) is 2.32. The zero-order chi connectivity index (χ0) is 13.4. The van der Waals surface area contributed by atoms with E-state index in [1.807, 2.05) is 6.07 Å². The van der Waals surface area contributed by atoms with E-state index in [4.69, 9.17) is 4.74 Å². The fraction of sp³-hybridized carbons (Fsp3) is 0.429. The first-order chi connectivity index (χ1) is 9.15. The molecule has 1 saturated heterocycles. The van der Waals surface area contributed by atoms with Gasteiger partial charge in [0.1, 0.15) is 0 Å². The molecule has 5 nitrogen and oxygen atoms in total. The van der Waals surface area contributed by atoms with Crippen LogP contribution in [0.15, 0.2) is 18.2 Å². The smallest absolute Gasteiger partial charge is 0.254 e. The van der Waals surface area contributed by atoms with E-state index in [1.165, 1.54) is 0 Å². The molecule has 2 amide bonds. The summed E-state index contributed by atoms with van der Waals surface area (Å²) >= 11 is 0. The van der Waals surface area contributed by atoms with Gasteiger partial charge in [-0.2, -0.15) is 0 Å². The van der Waals surface area contributed by atoms with Gasteiger partial charge >= 0.3 is 0 Å². The minimum atomic E-state index is -0.0283. The van der Waals surface area contributed by atoms with Crippen molar-refractivity contribution < 1.29 is 14.3 Å². The number of hydrogen-bond acceptors (Lipinski definition) is 3. The molecule has 1 fully saturated rings. The topological polar surface area (TPSA) is 58.6 Å². The largest absolute Gasteiger partial charge is 0.379 e. The summed E-state index contributed by atoms with van der Waals surface area (Å²) < 4.78 is 5.30. The molecule has 1 unspecified atom stereocenters. The summed E-state index contributed by atoms with van der Waals surface area (Å²) in [6, 6.07) is 5.54. The van der Waals surface area contributed by atoms with Crippen LogP contribution in [0.1, 0.15) is 22.3 Å². The molecule has 0 aromatic heterocycles. The lowest BCUT2D eigenvalue weighted by atomic mass is 10.1. The molecule has 100 valence electrons. The lowest BCUT2D eigenvalue weighted by molar-refractivity contribution is -0.115. The number of amides is 2. The van der Waals surface area contributed by atoms with Gasteiger partial charge in [0, 0.05) is 24.9 Å². The van der Waals surface area contributed by atoms with E-state index in [1.54, 1.807) is 24.1 Å². The minimum Gasteiger partial charge on any atom is -0.379 e. The molecule has 0 spiro atoms. The number of likely N-dealkylation sites (N-methyl/N-ethyl adjacent to an activating group) is 1. The fourth-order valence-corrected chi connectivity index (χ4v) is 2.54. The number of carbonyl (C=O) groups is 2. The van der Waals surface area contributed by atoms with Gasteiger partial charge in [-0.15, -0.1) is 0 Å². The van der Waals surface area contributed by atoms with Crippen molar-refractivity contribution >= 4 is 17.5 Å². The molecule has 1 aromatic rings. The summed E-state index contributed by atoms with van der Waals surface area (Å²) in [6.45, 7) is 1.31. The molecule has 0 bridgehead atoms. The molecule has 19 heavy (non-hydrogen) atoms. The van der Waals surface area contributed by atoms with Crippen LogP contribution in [0.3, 0.4) is 0 Å². The zero-order valence-electron chi connectivity index (χ0n) is 10.8. The van der Waals surface area contributed by atoms with Crippen LogP contribution in [0.25, 0.3) is 0 Å². The maximum absolute atomic E-state index is 12.4. The van der Waals surface area contributed by atoms with Crippen LogP contribution in [0.5, 0.6) is 0 Å². The number of rotatable bonds is 2. The Morgan fingerprint density at radius 1 is 1.47 bits per heavy atom. The second kappa shape index (κ2) is 4.66. The summed E-state index contributed by atoms with van der Waals surface area (Å²) in [5.74, 6) is -0.0448. The van der Waals surface area contributed by atoms with E-state index in [2.05, 4.69) is 5.32 Å². The van der Waals surface area contributed by atoms with Crippen molar-refractivity contribution in [2.75, 3.05) is 25.6 Å². The number of hydrogen-bond donors (Lipinski definition) is 1. The molecule has 2 aliphatic heterocycles. The van der Waals surface area contributed by atoms with Gasteiger partial charge in [0.25, 0.3) is 5.91 Å². The molecular weight excluding hydrogens is 244 g/mol. The van der Waals surface area contributed by atoms with Crippen LogP contribution in [0.4, 0.5) is 5.69 Å². The molecule has 3 rings (SSSR count). The predicted molar refractivity (Wildman–Crippen MR) is 70.1 cm³/mol. The highest BCUT2D eigenvalue weighted by Gasteiger charge is 2.26. The Kier molecular flexibility index (Phi) is 2.98. The number of fused-ring (bicyclic) bond motifs is 1. The highest BCUT2D eigenvalue weighted by molar-refractivity contribution is 6.02. The monoisotopic (exact) mass is 260 g/mol. The van der Waals surface area contributed by atoms with Gasteiger partial charge < -0.3 is 15.0 Å². The molecule has 2 aliphatic rings. The van der Waals surface area contributed by atoms with Gasteiger partial charge in [-0.25, -0.2) is 0 Å². The van der Waals surface area contributed by atoms with Gasteiger partial charge in [0.15, 0.2) is 0 Å². The van der Waals surface area contributed by atoms with Crippen LogP contribution in [-0.4, -0.2) is 43.0 Å². The highest BCUT2D eigenvalue weighted by atomic mass is 16.5. The van der Waals surface area contributed by atoms with Crippen LogP contribution in [0, 0.1) is 0 Å². The molecule has 2 heterocycles. The molecule has 1 N–H and O–H groups in total. The number of ether oxygens (including phenoxy) is 1. The average molecular weight is 260 g/mol. The SMILES string of the molecule is CN(C(=O)c1ccc2c(c1)NC(=O)C2)C1CCOC1. The molecule has 0 radical (unpaired) electrons. The van der Waals surface area contributed by atoms with E-state index in [0.29, 0.717) is 25.2 Å². The molecular formula is C14H16N2O3. The van der Waals surface area contributed by atoms with Crippen molar-refractivity contribution in [3.63, 3.8) is 0 Å². The quantitative estimate of drug-likeness (QED) is 0.864. The van der Waals surface area contributed by atoms with Crippen molar-refractivity contribution in [2.45, 2.75) is 18.9 Å². The fourth-order valence-electron chi connectivity index (χ4n) is 2.54. The second-order valence-corrected chi connectivity index (χ2v) is 5.03. The molecule has 5 heteroatoms. The predicted octanol–water partition coefficient (Wildman–Crippen LogP) is 1.04. The van der Waals surface area contributed by atoms with Crippen LogP contribution >= 0.6 is 0 Å². The Morgan fingerprint density at radius 3 is 3.05 bits per heavy atom. The normalized spacial score (nSPS) is 21.1. The number of benzene rings is 1. The summed E-state index contributed by atoms with van der Waals surface area (Å²) in [7, 11) is 1.80. The van der Waals surface area contributed by atoms with Crippen molar-refractivity contribution in [3.05, 3.63) is 29.3 Å². The van der Waals surface area contributed by atoms with E-state index in [9.17, 15) is 9.59 Å². The number of nitrogens with zero attached hydrogens (tertiary/aromatic N) is 1. The zero-order valence-corrected chi connectivity index (χ0v) is 10.8. The molecule has 1 atom stereocenters. The van der Waals surface area contributed by atoms with Gasteiger partial charge in [-0.3, -0.25) is 9.59 Å². The van der Waals surface area contributed by atoms with Gasteiger partial charge in [-0.05, 0) is 24.1 Å². The Hall–Kier alpha value is -1.88. The molecule has 0 aliphatic carbocycles. The third-order valence-corrected chi connectivity index (χ3v) is 3.76. The highest BCUT2D eigenvalue weighted by Crippen LogP contribution is 2.25. The average Bonchev–Trinajstić information content (AvgIpc) is 3.03. The third kappa shape index (κ3) is 2.21. The van der Waals surface area contributed by atoms with E-state index >= 15 is 0 Å². The summed E-state index contributed by atoms with van der Waals surface area (Å²) in [6.07, 6.45) is 1.28. The Labute approximate surface area is 111 Å². The maximum atomic E-state index is 12.4. The lowest BCUT2D eigenvalue weighted by Gasteiger charge is -2.23. The third-order valence-electron chi connectivity index (χ3n) is 3.76. The van der Waals surface area contributed by atoms with E-state index in [-0.39, 0.29) is 17.9 Å². The Morgan fingerprint density at radius 2 is 2.32 bits per heavy atom. The molecule has 1 aromatic carbocycles. The van der Waals surface area contributed by atoms with Crippen molar-refractivity contribution in [3.8, 4) is 0 Å². The number of anilines is 1. The van der Waals surface area contributed by atoms with Crippen LogP contribution in [0.2, 0.25) is 0 Å². The summed E-state index contributed by atoms with van der Waals surface area (Å²) in [5, 5.41) is 2.77. The van der Waals surface area contributed by atoms with Gasteiger partial charge in [-0.1, -0.05) is 6.07 Å². The van der Waals surface area contributed by atoms with Gasteiger partial charge in [0.05, 0.1) is 19.1 Å². The number of carbonyl (C=O) groups excluding carboxylic acids is 2. The first kappa shape index (κ1) is 12.2.